The molecule has 3 saturated heterocycles. The molecule has 0 saturated carbocycles. The van der Waals surface area contributed by atoms with Crippen LogP contribution in [0.4, 0.5) is 0 Å². The summed E-state index contributed by atoms with van der Waals surface area (Å²) < 4.78 is 26.9. The highest BCUT2D eigenvalue weighted by Crippen LogP contribution is 2.58. The maximum absolute atomic E-state index is 13.3. The zero-order chi connectivity index (χ0) is 20.0. The number of hydrogen-bond acceptors (Lipinski definition) is 4. The highest BCUT2D eigenvalue weighted by molar-refractivity contribution is 7.89. The number of piperidine rings is 1. The fourth-order valence-electron chi connectivity index (χ4n) is 5.42. The van der Waals surface area contributed by atoms with E-state index in [0.717, 1.165) is 13.0 Å². The zero-order valence-corrected chi connectivity index (χ0v) is 17.8. The minimum absolute atomic E-state index is 0.00357. The number of rotatable bonds is 4. The number of sulfonamides is 1. The number of carbonyl (C=O) groups excluding carboxylic acids is 2. The van der Waals surface area contributed by atoms with Crippen LogP contribution in [0.1, 0.15) is 47.0 Å². The van der Waals surface area contributed by atoms with Crippen molar-refractivity contribution >= 4 is 21.8 Å². The quantitative estimate of drug-likeness (QED) is 0.711. The molecule has 154 valence electrons. The third-order valence-corrected chi connectivity index (χ3v) is 9.16. The van der Waals surface area contributed by atoms with E-state index in [1.54, 1.807) is 11.2 Å². The third-order valence-electron chi connectivity index (χ3n) is 6.92. The van der Waals surface area contributed by atoms with E-state index in [-0.39, 0.29) is 28.9 Å². The summed E-state index contributed by atoms with van der Waals surface area (Å²) in [4.78, 5) is 29.1. The normalized spacial score (nSPS) is 28.9. The van der Waals surface area contributed by atoms with Crippen LogP contribution in [0.3, 0.4) is 0 Å². The molecule has 3 fully saturated rings. The van der Waals surface area contributed by atoms with Crippen molar-refractivity contribution in [2.45, 2.75) is 47.0 Å². The van der Waals surface area contributed by atoms with Crippen molar-refractivity contribution in [1.82, 2.24) is 14.1 Å². The van der Waals surface area contributed by atoms with E-state index in [1.165, 1.54) is 0 Å². The summed E-state index contributed by atoms with van der Waals surface area (Å²) >= 11 is 0. The summed E-state index contributed by atoms with van der Waals surface area (Å²) in [5.74, 6) is 0.412. The van der Waals surface area contributed by atoms with Gasteiger partial charge in [-0.3, -0.25) is 9.59 Å². The number of nitrogens with zero attached hydrogens (tertiary/aromatic N) is 3. The first-order chi connectivity index (χ1) is 12.6. The third kappa shape index (κ3) is 3.28. The lowest BCUT2D eigenvalue weighted by atomic mass is 9.60. The van der Waals surface area contributed by atoms with Crippen LogP contribution in [0.25, 0.3) is 0 Å². The van der Waals surface area contributed by atoms with Gasteiger partial charge in [0.15, 0.2) is 0 Å². The van der Waals surface area contributed by atoms with Gasteiger partial charge in [-0.05, 0) is 32.1 Å². The van der Waals surface area contributed by atoms with Crippen molar-refractivity contribution in [3.05, 3.63) is 0 Å². The Morgan fingerprint density at radius 3 is 2.22 bits per heavy atom. The smallest absolute Gasteiger partial charge is 0.231 e. The van der Waals surface area contributed by atoms with E-state index in [9.17, 15) is 18.0 Å². The molecule has 7 nitrogen and oxygen atoms in total. The van der Waals surface area contributed by atoms with Gasteiger partial charge in [-0.15, -0.1) is 0 Å². The lowest BCUT2D eigenvalue weighted by Crippen LogP contribution is -2.54. The summed E-state index contributed by atoms with van der Waals surface area (Å²) in [5, 5.41) is 0. The van der Waals surface area contributed by atoms with Crippen LogP contribution in [0, 0.1) is 16.7 Å². The monoisotopic (exact) mass is 399 g/mol. The van der Waals surface area contributed by atoms with Gasteiger partial charge in [0.05, 0.1) is 11.2 Å². The molecular weight excluding hydrogens is 366 g/mol. The van der Waals surface area contributed by atoms with Crippen molar-refractivity contribution in [1.29, 1.82) is 0 Å². The van der Waals surface area contributed by atoms with E-state index in [2.05, 4.69) is 0 Å². The van der Waals surface area contributed by atoms with Gasteiger partial charge in [0.2, 0.25) is 21.8 Å². The van der Waals surface area contributed by atoms with Crippen molar-refractivity contribution in [3.8, 4) is 0 Å². The Kier molecular flexibility index (Phi) is 5.36. The molecule has 0 bridgehead atoms. The van der Waals surface area contributed by atoms with Crippen molar-refractivity contribution in [3.63, 3.8) is 0 Å². The number of likely N-dealkylation sites (tertiary alicyclic amines) is 2. The molecular formula is C19H33N3O4S. The molecule has 3 heterocycles. The summed E-state index contributed by atoms with van der Waals surface area (Å²) in [5.41, 5.74) is -0.841. The Hall–Kier alpha value is -1.15. The Balaban J connectivity index is 1.86. The molecule has 3 aliphatic heterocycles. The Morgan fingerprint density at radius 2 is 1.74 bits per heavy atom. The number of fused-ring (bicyclic) bond motifs is 1. The fourth-order valence-corrected chi connectivity index (χ4v) is 7.21. The number of amides is 2. The highest BCUT2D eigenvalue weighted by atomic mass is 32.2. The largest absolute Gasteiger partial charge is 0.342 e. The topological polar surface area (TPSA) is 78.0 Å². The molecule has 0 N–H and O–H groups in total. The van der Waals surface area contributed by atoms with E-state index < -0.39 is 15.4 Å². The Bertz CT molecular complexity index is 712. The summed E-state index contributed by atoms with van der Waals surface area (Å²) in [6, 6.07) is 0. The van der Waals surface area contributed by atoms with Crippen molar-refractivity contribution < 1.29 is 18.0 Å². The molecule has 0 aromatic carbocycles. The van der Waals surface area contributed by atoms with E-state index in [0.29, 0.717) is 45.6 Å². The van der Waals surface area contributed by atoms with Gasteiger partial charge in [0, 0.05) is 51.6 Å². The van der Waals surface area contributed by atoms with Gasteiger partial charge in [0.25, 0.3) is 0 Å². The van der Waals surface area contributed by atoms with Crippen LogP contribution in [0.2, 0.25) is 0 Å². The molecule has 0 unspecified atom stereocenters. The van der Waals surface area contributed by atoms with Gasteiger partial charge in [-0.25, -0.2) is 12.7 Å². The van der Waals surface area contributed by atoms with Crippen molar-refractivity contribution in [2.24, 2.45) is 16.7 Å². The fraction of sp³-hybridized carbons (Fsp3) is 0.895. The molecule has 0 aromatic rings. The molecule has 3 rings (SSSR count). The molecule has 8 heteroatoms. The molecule has 2 amide bonds. The van der Waals surface area contributed by atoms with Crippen LogP contribution in [-0.2, 0) is 19.6 Å². The van der Waals surface area contributed by atoms with Crippen LogP contribution in [0.5, 0.6) is 0 Å². The lowest BCUT2D eigenvalue weighted by Gasteiger charge is -2.46. The molecule has 0 aromatic heterocycles. The molecule has 0 radical (unpaired) electrons. The Labute approximate surface area is 163 Å². The van der Waals surface area contributed by atoms with E-state index >= 15 is 0 Å². The first-order valence-corrected chi connectivity index (χ1v) is 11.7. The average molecular weight is 400 g/mol. The minimum Gasteiger partial charge on any atom is -0.342 e. The van der Waals surface area contributed by atoms with E-state index in [4.69, 9.17) is 0 Å². The molecule has 2 spiro atoms. The van der Waals surface area contributed by atoms with Crippen molar-refractivity contribution in [2.75, 3.05) is 45.0 Å². The molecule has 0 aliphatic carbocycles. The standard InChI is InChI=1S/C19H33N3O4S/c1-5-20-9-8-19(17(20)24)14-21(16(4)23)13-18(19)6-10-22(11-7-18)27(25,26)12-15(2)3/h15H,5-14H2,1-4H3/t19-/m1/s1. The first-order valence-electron chi connectivity index (χ1n) is 10.1. The second kappa shape index (κ2) is 7.03. The van der Waals surface area contributed by atoms with Gasteiger partial charge in [-0.1, -0.05) is 13.8 Å². The minimum atomic E-state index is -3.27. The van der Waals surface area contributed by atoms with Crippen LogP contribution in [-0.4, -0.2) is 79.4 Å². The molecule has 27 heavy (non-hydrogen) atoms. The maximum atomic E-state index is 13.3. The molecule has 3 aliphatic rings. The Morgan fingerprint density at radius 1 is 1.11 bits per heavy atom. The van der Waals surface area contributed by atoms with Gasteiger partial charge in [-0.2, -0.15) is 0 Å². The average Bonchev–Trinajstić information content (AvgIpc) is 3.07. The van der Waals surface area contributed by atoms with Crippen LogP contribution >= 0.6 is 0 Å². The predicted molar refractivity (Wildman–Crippen MR) is 103 cm³/mol. The summed E-state index contributed by atoms with van der Waals surface area (Å²) in [6.07, 6.45) is 2.07. The van der Waals surface area contributed by atoms with Crippen LogP contribution in [0.15, 0.2) is 0 Å². The SMILES string of the molecule is CCN1CC[C@@]2(CN(C(C)=O)CC23CCN(S(=O)(=O)CC(C)C)CC3)C1=O. The second-order valence-electron chi connectivity index (χ2n) is 8.94. The molecule has 1 atom stereocenters. The summed E-state index contributed by atoms with van der Waals surface area (Å²) in [7, 11) is -3.27. The number of carbonyl (C=O) groups is 2. The highest BCUT2D eigenvalue weighted by Gasteiger charge is 2.65. The maximum Gasteiger partial charge on any atom is 0.231 e. The zero-order valence-electron chi connectivity index (χ0n) is 17.0. The lowest BCUT2D eigenvalue weighted by molar-refractivity contribution is -0.141. The first kappa shape index (κ1) is 20.6. The number of hydrogen-bond donors (Lipinski definition) is 0. The van der Waals surface area contributed by atoms with E-state index in [1.807, 2.05) is 30.6 Å². The second-order valence-corrected chi connectivity index (χ2v) is 11.0. The van der Waals surface area contributed by atoms with Crippen LogP contribution < -0.4 is 0 Å². The van der Waals surface area contributed by atoms with Gasteiger partial charge in [0.1, 0.15) is 0 Å². The summed E-state index contributed by atoms with van der Waals surface area (Å²) in [6.45, 7) is 10.7. The van der Waals surface area contributed by atoms with Gasteiger partial charge < -0.3 is 9.80 Å². The van der Waals surface area contributed by atoms with Gasteiger partial charge >= 0.3 is 0 Å². The predicted octanol–water partition coefficient (Wildman–Crippen LogP) is 1.16.